The van der Waals surface area contributed by atoms with Crippen molar-refractivity contribution < 1.29 is 19.1 Å². The van der Waals surface area contributed by atoms with E-state index in [1.807, 2.05) is 37.3 Å². The zero-order valence-corrected chi connectivity index (χ0v) is 19.1. The predicted octanol–water partition coefficient (Wildman–Crippen LogP) is 4.17. The van der Waals surface area contributed by atoms with Gasteiger partial charge in [0.25, 0.3) is 5.91 Å². The molecule has 0 saturated heterocycles. The van der Waals surface area contributed by atoms with Crippen LogP contribution in [-0.2, 0) is 27.4 Å². The molecule has 0 spiro atoms. The maximum absolute atomic E-state index is 12.2. The highest BCUT2D eigenvalue weighted by Crippen LogP contribution is 2.29. The summed E-state index contributed by atoms with van der Waals surface area (Å²) in [5, 5.41) is 4.79. The highest BCUT2D eigenvalue weighted by atomic mass is 32.1. The number of aromatic nitrogens is 1. The van der Waals surface area contributed by atoms with Crippen LogP contribution in [0, 0.1) is 6.92 Å². The lowest BCUT2D eigenvalue weighted by molar-refractivity contribution is -0.143. The molecule has 0 saturated carbocycles. The Morgan fingerprint density at radius 3 is 2.53 bits per heavy atom. The number of hydrogen-bond donors (Lipinski definition) is 1. The molecular weight excluding hydrogens is 426 g/mol. The third-order valence-corrected chi connectivity index (χ3v) is 5.58. The van der Waals surface area contributed by atoms with Crippen molar-refractivity contribution in [3.63, 3.8) is 0 Å². The molecule has 0 fully saturated rings. The first-order valence-electron chi connectivity index (χ1n) is 10.2. The highest BCUT2D eigenvalue weighted by molar-refractivity contribution is 7.14. The molecule has 0 radical (unpaired) electrons. The van der Waals surface area contributed by atoms with Gasteiger partial charge >= 0.3 is 5.97 Å². The van der Waals surface area contributed by atoms with E-state index in [1.54, 1.807) is 23.6 Å². The summed E-state index contributed by atoms with van der Waals surface area (Å²) in [4.78, 5) is 42.3. The fraction of sp³-hybridized carbons (Fsp3) is 0.250. The van der Waals surface area contributed by atoms with Gasteiger partial charge in [-0.25, -0.2) is 4.98 Å². The second-order valence-corrected chi connectivity index (χ2v) is 8.05. The zero-order valence-electron chi connectivity index (χ0n) is 18.3. The van der Waals surface area contributed by atoms with Gasteiger partial charge in [-0.15, -0.1) is 11.3 Å². The molecule has 0 aliphatic rings. The van der Waals surface area contributed by atoms with Crippen LogP contribution >= 0.6 is 11.3 Å². The molecule has 8 heteroatoms. The molecule has 1 heterocycles. The minimum absolute atomic E-state index is 0.0455. The van der Waals surface area contributed by atoms with Gasteiger partial charge in [0, 0.05) is 17.9 Å². The SMILES string of the molecule is CCc1ccc(N(C(C)=O)c2nc(COC(=O)CNC(=O)c3cccc(C)c3)cs2)cc1. The van der Waals surface area contributed by atoms with Crippen molar-refractivity contribution in [2.75, 3.05) is 11.4 Å². The fourth-order valence-corrected chi connectivity index (χ4v) is 3.89. The van der Waals surface area contributed by atoms with E-state index in [0.29, 0.717) is 16.4 Å². The number of benzene rings is 2. The van der Waals surface area contributed by atoms with Crippen molar-refractivity contribution in [3.05, 3.63) is 76.3 Å². The molecule has 166 valence electrons. The van der Waals surface area contributed by atoms with E-state index in [4.69, 9.17) is 4.74 Å². The Labute approximate surface area is 191 Å². The summed E-state index contributed by atoms with van der Waals surface area (Å²) in [6.45, 7) is 5.15. The Hall–Kier alpha value is -3.52. The molecule has 1 aromatic heterocycles. The second kappa shape index (κ2) is 10.7. The molecule has 3 rings (SSSR count). The van der Waals surface area contributed by atoms with E-state index in [2.05, 4.69) is 17.2 Å². The molecule has 2 aromatic carbocycles. The summed E-state index contributed by atoms with van der Waals surface area (Å²) < 4.78 is 5.21. The van der Waals surface area contributed by atoms with Crippen molar-refractivity contribution in [1.82, 2.24) is 10.3 Å². The number of hydrogen-bond acceptors (Lipinski definition) is 6. The third kappa shape index (κ3) is 6.01. The second-order valence-electron chi connectivity index (χ2n) is 7.21. The van der Waals surface area contributed by atoms with Crippen LogP contribution in [0.1, 0.15) is 41.0 Å². The Morgan fingerprint density at radius 2 is 1.88 bits per heavy atom. The van der Waals surface area contributed by atoms with Gasteiger partial charge in [-0.3, -0.25) is 19.3 Å². The van der Waals surface area contributed by atoms with Crippen LogP contribution in [0.5, 0.6) is 0 Å². The molecule has 0 atom stereocenters. The number of carbonyl (C=O) groups is 3. The number of anilines is 2. The minimum atomic E-state index is -0.570. The van der Waals surface area contributed by atoms with Gasteiger partial charge in [-0.05, 0) is 43.2 Å². The Balaban J connectivity index is 1.56. The number of esters is 1. The molecule has 3 aromatic rings. The van der Waals surface area contributed by atoms with Crippen LogP contribution in [0.25, 0.3) is 0 Å². The summed E-state index contributed by atoms with van der Waals surface area (Å²) in [6.07, 6.45) is 0.915. The van der Waals surface area contributed by atoms with Crippen LogP contribution < -0.4 is 10.2 Å². The number of carbonyl (C=O) groups excluding carboxylic acids is 3. The molecular formula is C24H25N3O4S. The van der Waals surface area contributed by atoms with Crippen molar-refractivity contribution in [1.29, 1.82) is 0 Å². The summed E-state index contributed by atoms with van der Waals surface area (Å²) in [7, 11) is 0. The summed E-state index contributed by atoms with van der Waals surface area (Å²) >= 11 is 1.29. The molecule has 0 bridgehead atoms. The number of amides is 2. The Bertz CT molecular complexity index is 1110. The molecule has 2 amide bonds. The monoisotopic (exact) mass is 451 g/mol. The molecule has 0 aliphatic heterocycles. The predicted molar refractivity (Wildman–Crippen MR) is 124 cm³/mol. The van der Waals surface area contributed by atoms with E-state index in [0.717, 1.165) is 17.7 Å². The number of aryl methyl sites for hydroxylation is 2. The van der Waals surface area contributed by atoms with Crippen LogP contribution in [0.3, 0.4) is 0 Å². The topological polar surface area (TPSA) is 88.6 Å². The van der Waals surface area contributed by atoms with Crippen LogP contribution in [0.4, 0.5) is 10.8 Å². The maximum atomic E-state index is 12.2. The third-order valence-electron chi connectivity index (χ3n) is 4.70. The van der Waals surface area contributed by atoms with Gasteiger partial charge in [0.15, 0.2) is 5.13 Å². The standard InChI is InChI=1S/C24H25N3O4S/c1-4-18-8-10-21(11-9-18)27(17(3)28)24-26-20(15-32-24)14-31-22(29)13-25-23(30)19-7-5-6-16(2)12-19/h5-12,15H,4,13-14H2,1-3H3,(H,25,30). The molecule has 32 heavy (non-hydrogen) atoms. The van der Waals surface area contributed by atoms with E-state index in [-0.39, 0.29) is 25.0 Å². The average molecular weight is 452 g/mol. The molecule has 0 unspecified atom stereocenters. The lowest BCUT2D eigenvalue weighted by atomic mass is 10.1. The lowest BCUT2D eigenvalue weighted by Gasteiger charge is -2.18. The fourth-order valence-electron chi connectivity index (χ4n) is 3.02. The summed E-state index contributed by atoms with van der Waals surface area (Å²) in [5.41, 5.74) is 3.88. The van der Waals surface area contributed by atoms with Crippen molar-refractivity contribution in [3.8, 4) is 0 Å². The summed E-state index contributed by atoms with van der Waals surface area (Å²) in [5.74, 6) is -1.07. The number of rotatable bonds is 8. The largest absolute Gasteiger partial charge is 0.458 e. The van der Waals surface area contributed by atoms with E-state index in [1.165, 1.54) is 28.7 Å². The molecule has 1 N–H and O–H groups in total. The number of ether oxygens (including phenoxy) is 1. The Morgan fingerprint density at radius 1 is 1.12 bits per heavy atom. The number of nitrogens with zero attached hydrogens (tertiary/aromatic N) is 2. The first-order valence-corrected chi connectivity index (χ1v) is 11.1. The van der Waals surface area contributed by atoms with E-state index < -0.39 is 5.97 Å². The van der Waals surface area contributed by atoms with Gasteiger partial charge < -0.3 is 10.1 Å². The minimum Gasteiger partial charge on any atom is -0.458 e. The van der Waals surface area contributed by atoms with Crippen molar-refractivity contribution in [2.45, 2.75) is 33.8 Å². The number of nitrogens with one attached hydrogen (secondary N) is 1. The first-order chi connectivity index (χ1) is 15.4. The number of thiazole rings is 1. The van der Waals surface area contributed by atoms with Crippen LogP contribution in [0.15, 0.2) is 53.9 Å². The van der Waals surface area contributed by atoms with E-state index in [9.17, 15) is 14.4 Å². The zero-order chi connectivity index (χ0) is 23.1. The van der Waals surface area contributed by atoms with E-state index >= 15 is 0 Å². The van der Waals surface area contributed by atoms with Crippen LogP contribution in [-0.4, -0.2) is 29.3 Å². The van der Waals surface area contributed by atoms with Gasteiger partial charge in [0.1, 0.15) is 13.2 Å². The van der Waals surface area contributed by atoms with Gasteiger partial charge in [-0.2, -0.15) is 0 Å². The highest BCUT2D eigenvalue weighted by Gasteiger charge is 2.18. The quantitative estimate of drug-likeness (QED) is 0.519. The smallest absolute Gasteiger partial charge is 0.325 e. The van der Waals surface area contributed by atoms with Crippen molar-refractivity contribution in [2.24, 2.45) is 0 Å². The first kappa shape index (κ1) is 23.1. The molecule has 0 aliphatic carbocycles. The average Bonchev–Trinajstić information content (AvgIpc) is 3.24. The Kier molecular flexibility index (Phi) is 7.72. The maximum Gasteiger partial charge on any atom is 0.325 e. The van der Waals surface area contributed by atoms with Crippen LogP contribution in [0.2, 0.25) is 0 Å². The van der Waals surface area contributed by atoms with Gasteiger partial charge in [0.2, 0.25) is 5.91 Å². The lowest BCUT2D eigenvalue weighted by Crippen LogP contribution is -2.30. The van der Waals surface area contributed by atoms with Gasteiger partial charge in [0.05, 0.1) is 11.4 Å². The van der Waals surface area contributed by atoms with Gasteiger partial charge in [-0.1, -0.05) is 36.8 Å². The molecule has 7 nitrogen and oxygen atoms in total. The normalized spacial score (nSPS) is 10.5. The van der Waals surface area contributed by atoms with Crippen molar-refractivity contribution >= 4 is 39.9 Å². The summed E-state index contributed by atoms with van der Waals surface area (Å²) in [6, 6.07) is 14.8.